The SMILES string of the molecule is C#CCSCCNCc1ccoc1. The summed E-state index contributed by atoms with van der Waals surface area (Å²) in [5, 5.41) is 3.30. The lowest BCUT2D eigenvalue weighted by Gasteiger charge is -2.00. The lowest BCUT2D eigenvalue weighted by atomic mass is 10.3. The van der Waals surface area contributed by atoms with Gasteiger partial charge in [0.05, 0.1) is 18.3 Å². The minimum Gasteiger partial charge on any atom is -0.472 e. The highest BCUT2D eigenvalue weighted by molar-refractivity contribution is 7.99. The smallest absolute Gasteiger partial charge is 0.0947 e. The normalized spacial score (nSPS) is 9.77. The maximum absolute atomic E-state index is 5.12. The van der Waals surface area contributed by atoms with Crippen LogP contribution in [0.1, 0.15) is 5.56 Å². The topological polar surface area (TPSA) is 25.2 Å². The second-order valence-corrected chi connectivity index (χ2v) is 3.67. The van der Waals surface area contributed by atoms with Crippen molar-refractivity contribution in [2.24, 2.45) is 0 Å². The van der Waals surface area contributed by atoms with Crippen LogP contribution in [0, 0.1) is 12.3 Å². The van der Waals surface area contributed by atoms with Crippen molar-refractivity contribution in [1.82, 2.24) is 5.32 Å². The predicted molar refractivity (Wildman–Crippen MR) is 56.6 cm³/mol. The van der Waals surface area contributed by atoms with Gasteiger partial charge in [-0.2, -0.15) is 0 Å². The Balaban J connectivity index is 1.94. The number of hydrogen-bond acceptors (Lipinski definition) is 3. The van der Waals surface area contributed by atoms with E-state index >= 15 is 0 Å². The van der Waals surface area contributed by atoms with Crippen LogP contribution in [0.15, 0.2) is 23.0 Å². The van der Waals surface area contributed by atoms with Gasteiger partial charge in [-0.1, -0.05) is 5.92 Å². The van der Waals surface area contributed by atoms with Gasteiger partial charge < -0.3 is 9.73 Å². The molecule has 1 aromatic heterocycles. The van der Waals surface area contributed by atoms with Gasteiger partial charge in [-0.15, -0.1) is 18.2 Å². The number of furan rings is 1. The van der Waals surface area contributed by atoms with E-state index in [-0.39, 0.29) is 0 Å². The molecule has 1 rings (SSSR count). The third kappa shape index (κ3) is 4.66. The van der Waals surface area contributed by atoms with Crippen LogP contribution in [0.5, 0.6) is 0 Å². The number of rotatable bonds is 6. The molecule has 0 aliphatic carbocycles. The van der Waals surface area contributed by atoms with E-state index in [2.05, 4.69) is 11.2 Å². The fourth-order valence-corrected chi connectivity index (χ4v) is 1.45. The zero-order valence-electron chi connectivity index (χ0n) is 7.45. The van der Waals surface area contributed by atoms with Crippen molar-refractivity contribution in [3.63, 3.8) is 0 Å². The Morgan fingerprint density at radius 1 is 1.62 bits per heavy atom. The second-order valence-electron chi connectivity index (χ2n) is 2.57. The molecular weight excluding hydrogens is 182 g/mol. The lowest BCUT2D eigenvalue weighted by molar-refractivity contribution is 0.561. The van der Waals surface area contributed by atoms with Crippen molar-refractivity contribution in [1.29, 1.82) is 0 Å². The lowest BCUT2D eigenvalue weighted by Crippen LogP contribution is -2.16. The highest BCUT2D eigenvalue weighted by Crippen LogP contribution is 1.99. The third-order valence-electron chi connectivity index (χ3n) is 1.52. The third-order valence-corrected chi connectivity index (χ3v) is 2.38. The van der Waals surface area contributed by atoms with Gasteiger partial charge in [-0.05, 0) is 6.07 Å². The van der Waals surface area contributed by atoms with Crippen LogP contribution < -0.4 is 5.32 Å². The van der Waals surface area contributed by atoms with Crippen molar-refractivity contribution in [3.8, 4) is 12.3 Å². The number of terminal acetylenes is 1. The van der Waals surface area contributed by atoms with Gasteiger partial charge in [0.15, 0.2) is 0 Å². The van der Waals surface area contributed by atoms with E-state index in [1.807, 2.05) is 6.07 Å². The minimum atomic E-state index is 0.799. The Bertz CT molecular complexity index is 250. The molecule has 13 heavy (non-hydrogen) atoms. The van der Waals surface area contributed by atoms with E-state index in [4.69, 9.17) is 10.8 Å². The first-order valence-corrected chi connectivity index (χ1v) is 5.32. The summed E-state index contributed by atoms with van der Waals surface area (Å²) in [5.74, 6) is 4.45. The van der Waals surface area contributed by atoms with Crippen LogP contribution in [0.2, 0.25) is 0 Å². The minimum absolute atomic E-state index is 0.799. The van der Waals surface area contributed by atoms with Gasteiger partial charge in [0, 0.05) is 24.4 Å². The maximum Gasteiger partial charge on any atom is 0.0947 e. The summed E-state index contributed by atoms with van der Waals surface area (Å²) in [6, 6.07) is 1.96. The van der Waals surface area contributed by atoms with Crippen molar-refractivity contribution in [2.45, 2.75) is 6.54 Å². The Morgan fingerprint density at radius 2 is 2.54 bits per heavy atom. The monoisotopic (exact) mass is 195 g/mol. The van der Waals surface area contributed by atoms with E-state index in [9.17, 15) is 0 Å². The fourth-order valence-electron chi connectivity index (χ4n) is 0.901. The first kappa shape index (κ1) is 10.2. The molecule has 0 amide bonds. The average molecular weight is 195 g/mol. The number of thioether (sulfide) groups is 1. The molecular formula is C10H13NOS. The van der Waals surface area contributed by atoms with Crippen molar-refractivity contribution in [3.05, 3.63) is 24.2 Å². The van der Waals surface area contributed by atoms with E-state index in [0.29, 0.717) is 0 Å². The molecule has 1 heterocycles. The Kier molecular flexibility index (Phi) is 5.23. The summed E-state index contributed by atoms with van der Waals surface area (Å²) in [7, 11) is 0. The van der Waals surface area contributed by atoms with Crippen molar-refractivity contribution < 1.29 is 4.42 Å². The molecule has 0 atom stereocenters. The second kappa shape index (κ2) is 6.64. The first-order valence-electron chi connectivity index (χ1n) is 4.16. The summed E-state index contributed by atoms with van der Waals surface area (Å²) >= 11 is 1.77. The van der Waals surface area contributed by atoms with Gasteiger partial charge in [-0.25, -0.2) is 0 Å². The van der Waals surface area contributed by atoms with Gasteiger partial charge in [0.2, 0.25) is 0 Å². The molecule has 0 radical (unpaired) electrons. The summed E-state index contributed by atoms with van der Waals surface area (Å²) in [6.45, 7) is 1.85. The summed E-state index contributed by atoms with van der Waals surface area (Å²) in [5.41, 5.74) is 1.18. The molecule has 0 aliphatic rings. The van der Waals surface area contributed by atoms with Gasteiger partial charge in [0.1, 0.15) is 0 Å². The van der Waals surface area contributed by atoms with E-state index in [0.717, 1.165) is 24.6 Å². The van der Waals surface area contributed by atoms with Crippen molar-refractivity contribution in [2.75, 3.05) is 18.1 Å². The zero-order chi connectivity index (χ0) is 9.36. The zero-order valence-corrected chi connectivity index (χ0v) is 8.27. The van der Waals surface area contributed by atoms with Gasteiger partial charge >= 0.3 is 0 Å². The molecule has 0 unspecified atom stereocenters. The molecule has 1 aromatic rings. The number of nitrogens with one attached hydrogen (secondary N) is 1. The molecule has 3 heteroatoms. The maximum atomic E-state index is 5.12. The van der Waals surface area contributed by atoms with Crippen LogP contribution in [0.25, 0.3) is 0 Å². The number of hydrogen-bond donors (Lipinski definition) is 1. The molecule has 2 nitrogen and oxygen atoms in total. The van der Waals surface area contributed by atoms with Crippen molar-refractivity contribution >= 4 is 11.8 Å². The molecule has 0 fully saturated rings. The quantitative estimate of drug-likeness (QED) is 0.553. The fraction of sp³-hybridized carbons (Fsp3) is 0.400. The standard InChI is InChI=1S/C10H13NOS/c1-2-6-13-7-4-11-8-10-3-5-12-9-10/h1,3,5,9,11H,4,6-8H2. The summed E-state index contributed by atoms with van der Waals surface area (Å²) < 4.78 is 4.94. The summed E-state index contributed by atoms with van der Waals surface area (Å²) in [6.07, 6.45) is 8.55. The van der Waals surface area contributed by atoms with E-state index in [1.54, 1.807) is 24.3 Å². The average Bonchev–Trinajstić information content (AvgIpc) is 2.63. The first-order chi connectivity index (χ1) is 6.43. The molecule has 1 N–H and O–H groups in total. The van der Waals surface area contributed by atoms with E-state index in [1.165, 1.54) is 5.56 Å². The molecule has 0 saturated carbocycles. The van der Waals surface area contributed by atoms with Crippen LogP contribution >= 0.6 is 11.8 Å². The Hall–Kier alpha value is -0.850. The molecule has 0 spiro atoms. The van der Waals surface area contributed by atoms with Crippen LogP contribution in [-0.4, -0.2) is 18.1 Å². The van der Waals surface area contributed by atoms with Gasteiger partial charge in [0.25, 0.3) is 0 Å². The summed E-state index contributed by atoms with van der Waals surface area (Å²) in [4.78, 5) is 0. The van der Waals surface area contributed by atoms with E-state index < -0.39 is 0 Å². The predicted octanol–water partition coefficient (Wildman–Crippen LogP) is 1.74. The Morgan fingerprint density at radius 3 is 3.23 bits per heavy atom. The highest BCUT2D eigenvalue weighted by atomic mass is 32.2. The molecule has 0 saturated heterocycles. The Labute approximate surface area is 83.1 Å². The molecule has 0 aliphatic heterocycles. The van der Waals surface area contributed by atoms with Crippen LogP contribution in [0.3, 0.4) is 0 Å². The van der Waals surface area contributed by atoms with Crippen LogP contribution in [-0.2, 0) is 6.54 Å². The largest absolute Gasteiger partial charge is 0.472 e. The molecule has 0 aromatic carbocycles. The van der Waals surface area contributed by atoms with Gasteiger partial charge in [-0.3, -0.25) is 0 Å². The molecule has 70 valence electrons. The molecule has 0 bridgehead atoms. The van der Waals surface area contributed by atoms with Crippen LogP contribution in [0.4, 0.5) is 0 Å². The highest BCUT2D eigenvalue weighted by Gasteiger charge is 1.92.